The summed E-state index contributed by atoms with van der Waals surface area (Å²) in [5, 5.41) is 2.98. The highest BCUT2D eigenvalue weighted by molar-refractivity contribution is 6.41. The van der Waals surface area contributed by atoms with Crippen LogP contribution in [0.2, 0.25) is 5.02 Å². The minimum atomic E-state index is -0.919. The van der Waals surface area contributed by atoms with E-state index in [9.17, 15) is 14.4 Å². The summed E-state index contributed by atoms with van der Waals surface area (Å²) >= 11 is 5.83. The van der Waals surface area contributed by atoms with E-state index in [-0.39, 0.29) is 12.5 Å². The summed E-state index contributed by atoms with van der Waals surface area (Å²) in [6.07, 6.45) is 1.11. The van der Waals surface area contributed by atoms with Crippen molar-refractivity contribution in [3.8, 4) is 0 Å². The predicted octanol–water partition coefficient (Wildman–Crippen LogP) is 0.900. The Balaban J connectivity index is 1.90. The molecule has 1 N–H and O–H groups in total. The van der Waals surface area contributed by atoms with Gasteiger partial charge < -0.3 is 10.2 Å². The molecule has 1 aromatic rings. The first-order chi connectivity index (χ1) is 9.53. The van der Waals surface area contributed by atoms with Gasteiger partial charge in [0.2, 0.25) is 11.7 Å². The summed E-state index contributed by atoms with van der Waals surface area (Å²) in [4.78, 5) is 37.4. The van der Waals surface area contributed by atoms with E-state index in [0.29, 0.717) is 24.4 Å². The van der Waals surface area contributed by atoms with Gasteiger partial charge in [-0.1, -0.05) is 23.7 Å². The van der Waals surface area contributed by atoms with Crippen molar-refractivity contribution in [3.05, 3.63) is 34.9 Å². The average Bonchev–Trinajstić information content (AvgIpc) is 3.24. The largest absolute Gasteiger partial charge is 0.340 e. The van der Waals surface area contributed by atoms with Crippen LogP contribution in [0.25, 0.3) is 0 Å². The van der Waals surface area contributed by atoms with Crippen LogP contribution in [0.5, 0.6) is 0 Å². The van der Waals surface area contributed by atoms with Gasteiger partial charge in [-0.3, -0.25) is 14.4 Å². The van der Waals surface area contributed by atoms with Gasteiger partial charge in [-0.15, -0.1) is 0 Å². The predicted molar refractivity (Wildman–Crippen MR) is 72.0 cm³/mol. The van der Waals surface area contributed by atoms with Crippen LogP contribution in [0.15, 0.2) is 24.3 Å². The molecule has 1 aliphatic carbocycles. The van der Waals surface area contributed by atoms with Gasteiger partial charge in [-0.05, 0) is 30.5 Å². The Hall–Kier alpha value is -1.88. The lowest BCUT2D eigenvalue weighted by atomic mass is 10.1. The Kier molecular flexibility index (Phi) is 3.01. The number of carbonyl (C=O) groups is 3. The third-order valence-corrected chi connectivity index (χ3v) is 4.08. The lowest BCUT2D eigenvalue weighted by molar-refractivity contribution is -0.143. The van der Waals surface area contributed by atoms with Crippen LogP contribution >= 0.6 is 11.6 Å². The fourth-order valence-corrected chi connectivity index (χ4v) is 2.66. The molecule has 0 unspecified atom stereocenters. The number of benzene rings is 1. The second-order valence-corrected chi connectivity index (χ2v) is 5.59. The molecule has 20 heavy (non-hydrogen) atoms. The molecule has 1 saturated carbocycles. The Morgan fingerprint density at radius 2 is 1.80 bits per heavy atom. The fraction of sp³-hybridized carbons (Fsp3) is 0.357. The van der Waals surface area contributed by atoms with Crippen molar-refractivity contribution >= 4 is 29.2 Å². The minimum Gasteiger partial charge on any atom is -0.340 e. The van der Waals surface area contributed by atoms with Crippen LogP contribution in [0.1, 0.15) is 18.4 Å². The van der Waals surface area contributed by atoms with Crippen LogP contribution in [0.4, 0.5) is 0 Å². The van der Waals surface area contributed by atoms with Crippen LogP contribution in [-0.2, 0) is 20.9 Å². The van der Waals surface area contributed by atoms with E-state index >= 15 is 0 Å². The SMILES string of the molecule is O=C1NCC(=O)N(Cc2ccc(Cl)cc2)C2(CC2)C1=O. The highest BCUT2D eigenvalue weighted by Crippen LogP contribution is 2.44. The molecule has 5 nitrogen and oxygen atoms in total. The van der Waals surface area contributed by atoms with E-state index in [1.54, 1.807) is 12.1 Å². The number of ketones is 1. The molecule has 2 fully saturated rings. The van der Waals surface area contributed by atoms with E-state index in [4.69, 9.17) is 11.6 Å². The van der Waals surface area contributed by atoms with Crippen molar-refractivity contribution in [3.63, 3.8) is 0 Å². The van der Waals surface area contributed by atoms with Crippen LogP contribution < -0.4 is 5.32 Å². The summed E-state index contributed by atoms with van der Waals surface area (Å²) in [6.45, 7) is 0.191. The summed E-state index contributed by atoms with van der Waals surface area (Å²) in [7, 11) is 0. The second-order valence-electron chi connectivity index (χ2n) is 5.15. The van der Waals surface area contributed by atoms with Gasteiger partial charge in [0.1, 0.15) is 5.54 Å². The molecule has 1 aliphatic heterocycles. The maximum absolute atomic E-state index is 12.2. The van der Waals surface area contributed by atoms with Crippen molar-refractivity contribution in [2.24, 2.45) is 0 Å². The number of Topliss-reactive ketones (excluding diaryl/α,β-unsaturated/α-hetero) is 1. The van der Waals surface area contributed by atoms with Gasteiger partial charge in [0.05, 0.1) is 6.54 Å². The van der Waals surface area contributed by atoms with Gasteiger partial charge in [0.25, 0.3) is 5.91 Å². The van der Waals surface area contributed by atoms with Crippen LogP contribution in [-0.4, -0.2) is 34.6 Å². The maximum atomic E-state index is 12.2. The lowest BCUT2D eigenvalue weighted by Gasteiger charge is -2.28. The number of nitrogens with zero attached hydrogens (tertiary/aromatic N) is 1. The molecule has 0 radical (unpaired) electrons. The van der Waals surface area contributed by atoms with Crippen molar-refractivity contribution in [2.45, 2.75) is 24.9 Å². The van der Waals surface area contributed by atoms with Crippen LogP contribution in [0, 0.1) is 0 Å². The van der Waals surface area contributed by atoms with Crippen molar-refractivity contribution in [2.75, 3.05) is 6.54 Å². The van der Waals surface area contributed by atoms with E-state index in [1.807, 2.05) is 12.1 Å². The number of hydrogen-bond donors (Lipinski definition) is 1. The molecule has 1 aromatic carbocycles. The van der Waals surface area contributed by atoms with Gasteiger partial charge in [-0.25, -0.2) is 0 Å². The van der Waals surface area contributed by atoms with E-state index in [1.165, 1.54) is 4.90 Å². The summed E-state index contributed by atoms with van der Waals surface area (Å²) in [5.74, 6) is -1.39. The number of rotatable bonds is 2. The molecule has 0 aromatic heterocycles. The standard InChI is InChI=1S/C14H13ClN2O3/c15-10-3-1-9(2-4-10)8-17-11(18)7-16-13(20)12(19)14(17)5-6-14/h1-4H,5-8H2,(H,16,20). The molecule has 1 saturated heterocycles. The highest BCUT2D eigenvalue weighted by atomic mass is 35.5. The Bertz CT molecular complexity index is 593. The smallest absolute Gasteiger partial charge is 0.290 e. The van der Waals surface area contributed by atoms with Crippen molar-refractivity contribution in [1.29, 1.82) is 0 Å². The first-order valence-corrected chi connectivity index (χ1v) is 6.78. The molecule has 3 rings (SSSR count). The van der Waals surface area contributed by atoms with Gasteiger partial charge in [0.15, 0.2) is 0 Å². The zero-order valence-corrected chi connectivity index (χ0v) is 11.4. The quantitative estimate of drug-likeness (QED) is 0.824. The number of nitrogens with one attached hydrogen (secondary N) is 1. The second kappa shape index (κ2) is 4.59. The first kappa shape index (κ1) is 13.1. The molecule has 1 spiro atoms. The molecule has 6 heteroatoms. The van der Waals surface area contributed by atoms with Crippen molar-refractivity contribution < 1.29 is 14.4 Å². The average molecular weight is 293 g/mol. The van der Waals surface area contributed by atoms with Gasteiger partial charge >= 0.3 is 0 Å². The normalized spacial score (nSPS) is 20.9. The number of carbonyl (C=O) groups excluding carboxylic acids is 3. The number of halogens is 1. The van der Waals surface area contributed by atoms with Gasteiger partial charge in [-0.2, -0.15) is 0 Å². The third-order valence-electron chi connectivity index (χ3n) is 3.82. The van der Waals surface area contributed by atoms with E-state index < -0.39 is 17.2 Å². The Morgan fingerprint density at radius 1 is 1.15 bits per heavy atom. The highest BCUT2D eigenvalue weighted by Gasteiger charge is 2.59. The number of hydrogen-bond acceptors (Lipinski definition) is 3. The van der Waals surface area contributed by atoms with Gasteiger partial charge in [0, 0.05) is 11.6 Å². The molecular weight excluding hydrogens is 280 g/mol. The molecular formula is C14H13ClN2O3. The molecule has 104 valence electrons. The first-order valence-electron chi connectivity index (χ1n) is 6.40. The molecule has 0 atom stereocenters. The minimum absolute atomic E-state index is 0.125. The summed E-state index contributed by atoms with van der Waals surface area (Å²) < 4.78 is 0. The third kappa shape index (κ3) is 2.08. The molecule has 0 bridgehead atoms. The monoisotopic (exact) mass is 292 g/mol. The number of amides is 2. The topological polar surface area (TPSA) is 66.5 Å². The molecule has 2 amide bonds. The van der Waals surface area contributed by atoms with Crippen molar-refractivity contribution in [1.82, 2.24) is 10.2 Å². The Labute approximate surface area is 120 Å². The zero-order chi connectivity index (χ0) is 14.3. The molecule has 1 heterocycles. The Morgan fingerprint density at radius 3 is 2.40 bits per heavy atom. The van der Waals surface area contributed by atoms with E-state index in [2.05, 4.69) is 5.32 Å². The fourth-order valence-electron chi connectivity index (χ4n) is 2.53. The van der Waals surface area contributed by atoms with Crippen LogP contribution in [0.3, 0.4) is 0 Å². The summed E-state index contributed by atoms with van der Waals surface area (Å²) in [6, 6.07) is 7.11. The lowest BCUT2D eigenvalue weighted by Crippen LogP contribution is -2.47. The zero-order valence-electron chi connectivity index (χ0n) is 10.7. The van der Waals surface area contributed by atoms with E-state index in [0.717, 1.165) is 5.56 Å². The summed E-state index contributed by atoms with van der Waals surface area (Å²) in [5.41, 5.74) is -0.0340. The maximum Gasteiger partial charge on any atom is 0.290 e. The molecule has 2 aliphatic rings.